The normalized spacial score (nSPS) is 55.2. The van der Waals surface area contributed by atoms with Crippen LogP contribution in [0.15, 0.2) is 0 Å². The van der Waals surface area contributed by atoms with Crippen molar-refractivity contribution in [3.63, 3.8) is 0 Å². The quantitative estimate of drug-likeness (QED) is 0.638. The summed E-state index contributed by atoms with van der Waals surface area (Å²) in [5.41, 5.74) is 0.972. The summed E-state index contributed by atoms with van der Waals surface area (Å²) in [6.07, 6.45) is 3.65. The van der Waals surface area contributed by atoms with Crippen molar-refractivity contribution in [3.8, 4) is 0 Å². The van der Waals surface area contributed by atoms with Crippen LogP contribution in [0.5, 0.6) is 0 Å². The molecule has 2 rings (SSSR count). The zero-order valence-corrected chi connectivity index (χ0v) is 8.65. The fourth-order valence-corrected chi connectivity index (χ4v) is 3.45. The molecule has 0 bridgehead atoms. The first-order valence-corrected chi connectivity index (χ1v) is 5.06. The van der Waals surface area contributed by atoms with Crippen LogP contribution >= 0.6 is 0 Å². The van der Waals surface area contributed by atoms with Gasteiger partial charge in [0.15, 0.2) is 0 Å². The van der Waals surface area contributed by atoms with Crippen molar-refractivity contribution in [1.82, 2.24) is 0 Å². The molecule has 0 aliphatic heterocycles. The first kappa shape index (κ1) is 8.55. The van der Waals surface area contributed by atoms with Gasteiger partial charge in [-0.15, -0.1) is 0 Å². The highest BCUT2D eigenvalue weighted by Crippen LogP contribution is 2.79. The van der Waals surface area contributed by atoms with Crippen LogP contribution in [-0.2, 0) is 0 Å². The van der Waals surface area contributed by atoms with Crippen LogP contribution in [-0.4, -0.2) is 11.2 Å². The van der Waals surface area contributed by atoms with Gasteiger partial charge >= 0.3 is 0 Å². The summed E-state index contributed by atoms with van der Waals surface area (Å²) in [5, 5.41) is 10.0. The first-order valence-electron chi connectivity index (χ1n) is 5.06. The van der Waals surface area contributed by atoms with E-state index in [1.165, 1.54) is 19.3 Å². The van der Waals surface area contributed by atoms with Crippen LogP contribution in [0.4, 0.5) is 0 Å². The lowest BCUT2D eigenvalue weighted by atomic mass is 9.56. The SMILES string of the molecule is CCC1(C)C[C@]12CC(C)(C)C2O. The molecule has 0 aromatic rings. The standard InChI is InChI=1S/C11H20O/c1-5-10(4)7-11(10)6-9(2,3)8(11)12/h8,12H,5-7H2,1-4H3/t8?,10?,11-/m0/s1. The van der Waals surface area contributed by atoms with Crippen molar-refractivity contribution in [2.75, 3.05) is 0 Å². The smallest absolute Gasteiger partial charge is 0.0653 e. The van der Waals surface area contributed by atoms with Gasteiger partial charge in [-0.2, -0.15) is 0 Å². The molecule has 70 valence electrons. The zero-order valence-electron chi connectivity index (χ0n) is 8.65. The van der Waals surface area contributed by atoms with Gasteiger partial charge < -0.3 is 5.11 Å². The molecule has 2 saturated carbocycles. The van der Waals surface area contributed by atoms with Gasteiger partial charge in [0, 0.05) is 5.41 Å². The number of aliphatic hydroxyl groups excluding tert-OH is 1. The highest BCUT2D eigenvalue weighted by atomic mass is 16.3. The molecule has 1 heteroatoms. The minimum Gasteiger partial charge on any atom is -0.392 e. The molecular formula is C11H20O. The lowest BCUT2D eigenvalue weighted by molar-refractivity contribution is -0.133. The van der Waals surface area contributed by atoms with Gasteiger partial charge in [0.25, 0.3) is 0 Å². The van der Waals surface area contributed by atoms with Crippen molar-refractivity contribution in [2.45, 2.75) is 53.1 Å². The molecule has 3 atom stereocenters. The maximum absolute atomic E-state index is 10.0. The molecular weight excluding hydrogens is 148 g/mol. The Morgan fingerprint density at radius 2 is 1.83 bits per heavy atom. The Kier molecular flexibility index (Phi) is 1.35. The Hall–Kier alpha value is -0.0400. The third kappa shape index (κ3) is 0.693. The molecule has 0 aromatic heterocycles. The van der Waals surface area contributed by atoms with Gasteiger partial charge in [0.1, 0.15) is 0 Å². The molecule has 0 radical (unpaired) electrons. The highest BCUT2D eigenvalue weighted by Gasteiger charge is 2.75. The summed E-state index contributed by atoms with van der Waals surface area (Å²) in [5.74, 6) is 0. The second-order valence-corrected chi connectivity index (χ2v) is 5.82. The lowest BCUT2D eigenvalue weighted by Gasteiger charge is -2.51. The Morgan fingerprint density at radius 1 is 1.25 bits per heavy atom. The van der Waals surface area contributed by atoms with Gasteiger partial charge in [0.2, 0.25) is 0 Å². The third-order valence-corrected chi connectivity index (χ3v) is 4.60. The van der Waals surface area contributed by atoms with Crippen LogP contribution in [0.2, 0.25) is 0 Å². The van der Waals surface area contributed by atoms with E-state index in [9.17, 15) is 5.11 Å². The Labute approximate surface area is 75.2 Å². The van der Waals surface area contributed by atoms with Gasteiger partial charge in [-0.05, 0) is 23.7 Å². The number of hydrogen-bond acceptors (Lipinski definition) is 1. The minimum absolute atomic E-state index is 0.0463. The van der Waals surface area contributed by atoms with E-state index in [2.05, 4.69) is 27.7 Å². The van der Waals surface area contributed by atoms with Crippen molar-refractivity contribution in [1.29, 1.82) is 0 Å². The molecule has 1 spiro atoms. The maximum atomic E-state index is 10.0. The van der Waals surface area contributed by atoms with Crippen molar-refractivity contribution in [2.24, 2.45) is 16.2 Å². The predicted molar refractivity (Wildman–Crippen MR) is 49.9 cm³/mol. The molecule has 1 N–H and O–H groups in total. The van der Waals surface area contributed by atoms with E-state index >= 15 is 0 Å². The molecule has 0 amide bonds. The topological polar surface area (TPSA) is 20.2 Å². The molecule has 12 heavy (non-hydrogen) atoms. The summed E-state index contributed by atoms with van der Waals surface area (Å²) >= 11 is 0. The highest BCUT2D eigenvalue weighted by molar-refractivity contribution is 5.24. The monoisotopic (exact) mass is 168 g/mol. The van der Waals surface area contributed by atoms with E-state index in [0.29, 0.717) is 10.8 Å². The molecule has 0 saturated heterocycles. The third-order valence-electron chi connectivity index (χ3n) is 4.60. The molecule has 2 fully saturated rings. The van der Waals surface area contributed by atoms with Gasteiger partial charge in [-0.1, -0.05) is 34.1 Å². The summed E-state index contributed by atoms with van der Waals surface area (Å²) in [6.45, 7) is 8.92. The lowest BCUT2D eigenvalue weighted by Crippen LogP contribution is -2.52. The summed E-state index contributed by atoms with van der Waals surface area (Å²) in [4.78, 5) is 0. The van der Waals surface area contributed by atoms with Crippen molar-refractivity contribution in [3.05, 3.63) is 0 Å². The second kappa shape index (κ2) is 1.89. The Bertz CT molecular complexity index is 221. The number of aliphatic hydroxyl groups is 1. The van der Waals surface area contributed by atoms with Gasteiger partial charge in [0.05, 0.1) is 6.10 Å². The average Bonchev–Trinajstić information content (AvgIpc) is 2.59. The van der Waals surface area contributed by atoms with E-state index in [4.69, 9.17) is 0 Å². The molecule has 0 aromatic carbocycles. The maximum Gasteiger partial charge on any atom is 0.0653 e. The van der Waals surface area contributed by atoms with E-state index in [0.717, 1.165) is 0 Å². The van der Waals surface area contributed by atoms with Crippen LogP contribution < -0.4 is 0 Å². The fraction of sp³-hybridized carbons (Fsp3) is 1.00. The van der Waals surface area contributed by atoms with Crippen LogP contribution in [0.25, 0.3) is 0 Å². The zero-order chi connectivity index (χ0) is 9.20. The summed E-state index contributed by atoms with van der Waals surface area (Å²) < 4.78 is 0. The molecule has 1 nitrogen and oxygen atoms in total. The van der Waals surface area contributed by atoms with Gasteiger partial charge in [-0.25, -0.2) is 0 Å². The van der Waals surface area contributed by atoms with E-state index in [-0.39, 0.29) is 11.5 Å². The Morgan fingerprint density at radius 3 is 2.08 bits per heavy atom. The summed E-state index contributed by atoms with van der Waals surface area (Å²) in [7, 11) is 0. The average molecular weight is 168 g/mol. The molecule has 2 unspecified atom stereocenters. The summed E-state index contributed by atoms with van der Waals surface area (Å²) in [6, 6.07) is 0. The fourth-order valence-electron chi connectivity index (χ4n) is 3.45. The van der Waals surface area contributed by atoms with Crippen molar-refractivity contribution < 1.29 is 5.11 Å². The van der Waals surface area contributed by atoms with Crippen molar-refractivity contribution >= 4 is 0 Å². The van der Waals surface area contributed by atoms with Crippen LogP contribution in [0.3, 0.4) is 0 Å². The molecule has 2 aliphatic carbocycles. The minimum atomic E-state index is -0.0463. The molecule has 2 aliphatic rings. The number of rotatable bonds is 1. The predicted octanol–water partition coefficient (Wildman–Crippen LogP) is 2.58. The van der Waals surface area contributed by atoms with E-state index < -0.39 is 0 Å². The van der Waals surface area contributed by atoms with E-state index in [1.807, 2.05) is 0 Å². The largest absolute Gasteiger partial charge is 0.392 e. The van der Waals surface area contributed by atoms with Gasteiger partial charge in [-0.3, -0.25) is 0 Å². The second-order valence-electron chi connectivity index (χ2n) is 5.82. The van der Waals surface area contributed by atoms with Crippen LogP contribution in [0, 0.1) is 16.2 Å². The molecule has 0 heterocycles. The Balaban J connectivity index is 2.13. The first-order chi connectivity index (χ1) is 5.38. The number of hydrogen-bond donors (Lipinski definition) is 1. The van der Waals surface area contributed by atoms with E-state index in [1.54, 1.807) is 0 Å². The van der Waals surface area contributed by atoms with Crippen LogP contribution in [0.1, 0.15) is 47.0 Å².